The van der Waals surface area contributed by atoms with Crippen molar-refractivity contribution < 1.29 is 9.59 Å². The van der Waals surface area contributed by atoms with E-state index in [4.69, 9.17) is 11.6 Å². The van der Waals surface area contributed by atoms with Gasteiger partial charge in [-0.05, 0) is 50.4 Å². The summed E-state index contributed by atoms with van der Waals surface area (Å²) in [6.07, 6.45) is 4.75. The first kappa shape index (κ1) is 21.8. The van der Waals surface area contributed by atoms with Gasteiger partial charge >= 0.3 is 0 Å². The molecule has 1 aromatic carbocycles. The number of carbonyl (C=O) groups is 2. The van der Waals surface area contributed by atoms with Crippen molar-refractivity contribution in [3.63, 3.8) is 0 Å². The fourth-order valence-electron chi connectivity index (χ4n) is 4.37. The van der Waals surface area contributed by atoms with E-state index in [1.165, 1.54) is 19.3 Å². The lowest BCUT2D eigenvalue weighted by Gasteiger charge is -2.33. The van der Waals surface area contributed by atoms with Crippen LogP contribution in [0.5, 0.6) is 0 Å². The molecule has 8 heteroatoms. The summed E-state index contributed by atoms with van der Waals surface area (Å²) in [5.74, 6) is -0.322. The Hall–Kier alpha value is -2.38. The molecule has 2 aromatic rings. The van der Waals surface area contributed by atoms with Crippen LogP contribution in [0.15, 0.2) is 30.3 Å². The summed E-state index contributed by atoms with van der Waals surface area (Å²) in [6, 6.07) is 9.73. The van der Waals surface area contributed by atoms with E-state index in [0.29, 0.717) is 48.6 Å². The number of amides is 2. The standard InChI is InChI=1S/C23H30ClN5O2/c1-17-5-2-3-11-27(17)12-4-10-25-22(30)20-15-21-23(31)28(13-14-29(21)26-20)16-18-6-8-19(24)9-7-18/h6-9,15,17H,2-5,10-14,16H2,1H3,(H,25,30)/t17-/m1/s1. The molecule has 0 unspecified atom stereocenters. The molecule has 1 atom stereocenters. The van der Waals surface area contributed by atoms with Gasteiger partial charge < -0.3 is 15.1 Å². The minimum absolute atomic E-state index is 0.105. The van der Waals surface area contributed by atoms with Crippen LogP contribution < -0.4 is 5.32 Å². The molecule has 0 radical (unpaired) electrons. The highest BCUT2D eigenvalue weighted by Gasteiger charge is 2.28. The van der Waals surface area contributed by atoms with Crippen LogP contribution in [0.2, 0.25) is 5.02 Å². The number of aromatic nitrogens is 2. The zero-order valence-corrected chi connectivity index (χ0v) is 18.8. The van der Waals surface area contributed by atoms with Crippen LogP contribution in [0.1, 0.15) is 59.1 Å². The molecule has 31 heavy (non-hydrogen) atoms. The molecule has 1 N–H and O–H groups in total. The molecule has 1 saturated heterocycles. The van der Waals surface area contributed by atoms with Gasteiger partial charge in [0.25, 0.3) is 11.8 Å². The van der Waals surface area contributed by atoms with Crippen LogP contribution in [0.25, 0.3) is 0 Å². The molecule has 1 fully saturated rings. The number of fused-ring (bicyclic) bond motifs is 1. The van der Waals surface area contributed by atoms with Crippen LogP contribution in [0, 0.1) is 0 Å². The van der Waals surface area contributed by atoms with E-state index in [2.05, 4.69) is 22.2 Å². The largest absolute Gasteiger partial charge is 0.351 e. The van der Waals surface area contributed by atoms with Gasteiger partial charge in [0.05, 0.1) is 6.54 Å². The summed E-state index contributed by atoms with van der Waals surface area (Å²) in [7, 11) is 0. The number of hydrogen-bond donors (Lipinski definition) is 1. The highest BCUT2D eigenvalue weighted by Crippen LogP contribution is 2.18. The van der Waals surface area contributed by atoms with Gasteiger partial charge in [0.2, 0.25) is 0 Å². The first-order valence-electron chi connectivity index (χ1n) is 11.1. The van der Waals surface area contributed by atoms with Gasteiger partial charge in [-0.2, -0.15) is 5.10 Å². The Balaban J connectivity index is 1.30. The molecule has 0 saturated carbocycles. The van der Waals surface area contributed by atoms with Crippen molar-refractivity contribution in [2.75, 3.05) is 26.2 Å². The number of nitrogens with one attached hydrogen (secondary N) is 1. The molecule has 0 spiro atoms. The molecule has 166 valence electrons. The van der Waals surface area contributed by atoms with Crippen molar-refractivity contribution in [2.45, 2.75) is 51.7 Å². The Bertz CT molecular complexity index is 927. The molecule has 1 aromatic heterocycles. The van der Waals surface area contributed by atoms with E-state index in [0.717, 1.165) is 25.1 Å². The predicted octanol–water partition coefficient (Wildman–Crippen LogP) is 3.19. The average molecular weight is 444 g/mol. The van der Waals surface area contributed by atoms with Gasteiger partial charge in [-0.1, -0.05) is 30.2 Å². The summed E-state index contributed by atoms with van der Waals surface area (Å²) in [5.41, 5.74) is 1.79. The van der Waals surface area contributed by atoms with Crippen LogP contribution in [0.3, 0.4) is 0 Å². The van der Waals surface area contributed by atoms with Gasteiger partial charge in [0.1, 0.15) is 5.69 Å². The highest BCUT2D eigenvalue weighted by molar-refractivity contribution is 6.30. The Kier molecular flexibility index (Phi) is 6.92. The Morgan fingerprint density at radius 2 is 2.00 bits per heavy atom. The average Bonchev–Trinajstić information content (AvgIpc) is 3.21. The summed E-state index contributed by atoms with van der Waals surface area (Å²) < 4.78 is 1.64. The Labute approximate surface area is 188 Å². The van der Waals surface area contributed by atoms with E-state index in [-0.39, 0.29) is 11.8 Å². The fourth-order valence-corrected chi connectivity index (χ4v) is 4.50. The number of piperidine rings is 1. The summed E-state index contributed by atoms with van der Waals surface area (Å²) in [6.45, 7) is 6.69. The van der Waals surface area contributed by atoms with Crippen molar-refractivity contribution in [3.05, 3.63) is 52.3 Å². The maximum absolute atomic E-state index is 12.9. The Morgan fingerprint density at radius 3 is 2.77 bits per heavy atom. The van der Waals surface area contributed by atoms with Crippen LogP contribution in [-0.4, -0.2) is 63.6 Å². The normalized spacial score (nSPS) is 19.4. The summed E-state index contributed by atoms with van der Waals surface area (Å²) in [5, 5.41) is 7.99. The van der Waals surface area contributed by atoms with Crippen LogP contribution >= 0.6 is 11.6 Å². The number of halogens is 1. The predicted molar refractivity (Wildman–Crippen MR) is 120 cm³/mol. The highest BCUT2D eigenvalue weighted by atomic mass is 35.5. The number of hydrogen-bond acceptors (Lipinski definition) is 4. The third-order valence-corrected chi connectivity index (χ3v) is 6.49. The second-order valence-corrected chi connectivity index (χ2v) is 8.92. The smallest absolute Gasteiger partial charge is 0.272 e. The van der Waals surface area contributed by atoms with Crippen molar-refractivity contribution in [1.29, 1.82) is 0 Å². The number of likely N-dealkylation sites (tertiary alicyclic amines) is 1. The topological polar surface area (TPSA) is 70.5 Å². The number of benzene rings is 1. The molecular weight excluding hydrogens is 414 g/mol. The fraction of sp³-hybridized carbons (Fsp3) is 0.522. The lowest BCUT2D eigenvalue weighted by molar-refractivity contribution is 0.0683. The zero-order chi connectivity index (χ0) is 21.8. The maximum Gasteiger partial charge on any atom is 0.272 e. The van der Waals surface area contributed by atoms with E-state index in [1.807, 2.05) is 24.3 Å². The number of carbonyl (C=O) groups excluding carboxylic acids is 2. The van der Waals surface area contributed by atoms with Gasteiger partial charge in [-0.15, -0.1) is 0 Å². The Morgan fingerprint density at radius 1 is 1.19 bits per heavy atom. The molecule has 0 bridgehead atoms. The first-order chi connectivity index (χ1) is 15.0. The van der Waals surface area contributed by atoms with E-state index in [1.54, 1.807) is 15.6 Å². The molecule has 2 aliphatic rings. The molecule has 0 aliphatic carbocycles. The third kappa shape index (κ3) is 5.28. The molecule has 7 nitrogen and oxygen atoms in total. The maximum atomic E-state index is 12.9. The van der Waals surface area contributed by atoms with Crippen LogP contribution in [-0.2, 0) is 13.1 Å². The van der Waals surface area contributed by atoms with Crippen molar-refractivity contribution in [2.24, 2.45) is 0 Å². The minimum Gasteiger partial charge on any atom is -0.351 e. The van der Waals surface area contributed by atoms with Gasteiger partial charge in [-0.3, -0.25) is 14.3 Å². The van der Waals surface area contributed by atoms with E-state index >= 15 is 0 Å². The second-order valence-electron chi connectivity index (χ2n) is 8.48. The quantitative estimate of drug-likeness (QED) is 0.667. The summed E-state index contributed by atoms with van der Waals surface area (Å²) >= 11 is 5.94. The van der Waals surface area contributed by atoms with E-state index in [9.17, 15) is 9.59 Å². The van der Waals surface area contributed by atoms with E-state index < -0.39 is 0 Å². The lowest BCUT2D eigenvalue weighted by atomic mass is 10.0. The molecule has 4 rings (SSSR count). The van der Waals surface area contributed by atoms with Crippen LogP contribution in [0.4, 0.5) is 0 Å². The summed E-state index contributed by atoms with van der Waals surface area (Å²) in [4.78, 5) is 29.7. The molecule has 2 amide bonds. The van der Waals surface area contributed by atoms with Crippen molar-refractivity contribution >= 4 is 23.4 Å². The molecule has 2 aliphatic heterocycles. The van der Waals surface area contributed by atoms with Crippen molar-refractivity contribution in [3.8, 4) is 0 Å². The van der Waals surface area contributed by atoms with Gasteiger partial charge in [-0.25, -0.2) is 0 Å². The van der Waals surface area contributed by atoms with Gasteiger partial charge in [0.15, 0.2) is 5.69 Å². The van der Waals surface area contributed by atoms with Crippen molar-refractivity contribution in [1.82, 2.24) is 24.9 Å². The minimum atomic E-state index is -0.217. The number of rotatable bonds is 7. The first-order valence-corrected chi connectivity index (χ1v) is 11.5. The molecular formula is C23H30ClN5O2. The molecule has 3 heterocycles. The zero-order valence-electron chi connectivity index (χ0n) is 18.0. The third-order valence-electron chi connectivity index (χ3n) is 6.24. The van der Waals surface area contributed by atoms with Gasteiger partial charge in [0, 0.05) is 43.3 Å². The SMILES string of the molecule is C[C@@H]1CCCCN1CCCNC(=O)c1cc2n(n1)CCN(Cc1ccc(Cl)cc1)C2=O. The second kappa shape index (κ2) is 9.83. The lowest BCUT2D eigenvalue weighted by Crippen LogP contribution is -2.39. The monoisotopic (exact) mass is 443 g/mol. The number of nitrogens with zero attached hydrogens (tertiary/aromatic N) is 4.